The zero-order valence-electron chi connectivity index (χ0n) is 17.2. The number of carbonyl (C=O) groups excluding carboxylic acids is 1. The van der Waals surface area contributed by atoms with Crippen molar-refractivity contribution >= 4 is 12.2 Å². The number of morpholine rings is 1. The summed E-state index contributed by atoms with van der Waals surface area (Å²) < 4.78 is 10.9. The maximum atomic E-state index is 10.8. The number of aryl methyl sites for hydroxylation is 1. The molecule has 3 heterocycles. The molecule has 3 aliphatic rings. The largest absolute Gasteiger partial charge is 0.434 e. The van der Waals surface area contributed by atoms with E-state index >= 15 is 0 Å². The van der Waals surface area contributed by atoms with Crippen molar-refractivity contribution in [3.8, 4) is 0 Å². The Kier molecular flexibility index (Phi) is 5.63. The van der Waals surface area contributed by atoms with Gasteiger partial charge in [0.05, 0.1) is 13.2 Å². The lowest BCUT2D eigenvalue weighted by molar-refractivity contribution is -0.214. The van der Waals surface area contributed by atoms with Crippen LogP contribution < -0.4 is 10.2 Å². The van der Waals surface area contributed by atoms with E-state index in [1.54, 1.807) is 0 Å². The molecule has 1 unspecified atom stereocenters. The molecule has 0 aliphatic carbocycles. The van der Waals surface area contributed by atoms with Crippen LogP contribution in [-0.4, -0.2) is 62.0 Å². The second-order valence-corrected chi connectivity index (χ2v) is 8.79. The van der Waals surface area contributed by atoms with Crippen LogP contribution in [0.2, 0.25) is 0 Å². The van der Waals surface area contributed by atoms with Crippen LogP contribution in [0, 0.1) is 6.92 Å². The molecule has 4 rings (SSSR count). The van der Waals surface area contributed by atoms with E-state index in [0.717, 1.165) is 26.2 Å². The van der Waals surface area contributed by atoms with E-state index in [0.29, 0.717) is 25.2 Å². The topological polar surface area (TPSA) is 54.0 Å². The number of nitrogens with zero attached hydrogens (tertiary/aromatic N) is 2. The van der Waals surface area contributed by atoms with Gasteiger partial charge in [-0.25, -0.2) is 0 Å². The molecule has 3 saturated heterocycles. The number of nitrogens with one attached hydrogen (secondary N) is 1. The van der Waals surface area contributed by atoms with Crippen molar-refractivity contribution in [2.24, 2.45) is 0 Å². The van der Waals surface area contributed by atoms with Crippen LogP contribution in [0.4, 0.5) is 5.69 Å². The SMILES string of the molecule is Cc1cc(CN2CCCC23CCNCC3)cc(N2CCOC(C)(OC=O)C2)c1. The van der Waals surface area contributed by atoms with Gasteiger partial charge in [0.15, 0.2) is 0 Å². The Hall–Kier alpha value is -1.63. The van der Waals surface area contributed by atoms with Crippen molar-refractivity contribution in [2.75, 3.05) is 44.2 Å². The smallest absolute Gasteiger partial charge is 0.295 e. The van der Waals surface area contributed by atoms with Crippen LogP contribution in [0.5, 0.6) is 0 Å². The van der Waals surface area contributed by atoms with Gasteiger partial charge in [0, 0.05) is 31.2 Å². The van der Waals surface area contributed by atoms with Crippen LogP contribution in [0.15, 0.2) is 18.2 Å². The maximum Gasteiger partial charge on any atom is 0.295 e. The average molecular weight is 388 g/mol. The Balaban J connectivity index is 1.52. The molecule has 1 atom stereocenters. The zero-order valence-corrected chi connectivity index (χ0v) is 17.2. The van der Waals surface area contributed by atoms with Crippen LogP contribution in [-0.2, 0) is 20.8 Å². The zero-order chi connectivity index (χ0) is 19.6. The summed E-state index contributed by atoms with van der Waals surface area (Å²) >= 11 is 0. The Morgan fingerprint density at radius 3 is 2.82 bits per heavy atom. The van der Waals surface area contributed by atoms with Crippen LogP contribution in [0.3, 0.4) is 0 Å². The predicted molar refractivity (Wildman–Crippen MR) is 109 cm³/mol. The van der Waals surface area contributed by atoms with E-state index in [1.807, 2.05) is 6.92 Å². The molecule has 6 heteroatoms. The fraction of sp³-hybridized carbons (Fsp3) is 0.682. The van der Waals surface area contributed by atoms with Crippen LogP contribution >= 0.6 is 0 Å². The number of piperidine rings is 1. The molecule has 6 nitrogen and oxygen atoms in total. The molecule has 0 saturated carbocycles. The highest BCUT2D eigenvalue weighted by molar-refractivity contribution is 5.52. The first kappa shape index (κ1) is 19.7. The first-order valence-corrected chi connectivity index (χ1v) is 10.6. The Labute approximate surface area is 168 Å². The molecule has 3 aliphatic heterocycles. The highest BCUT2D eigenvalue weighted by atomic mass is 16.7. The van der Waals surface area contributed by atoms with Crippen molar-refractivity contribution in [3.63, 3.8) is 0 Å². The molecule has 1 spiro atoms. The third kappa shape index (κ3) is 4.04. The number of ether oxygens (including phenoxy) is 2. The molecule has 154 valence electrons. The first-order chi connectivity index (χ1) is 13.5. The van der Waals surface area contributed by atoms with Gasteiger partial charge >= 0.3 is 0 Å². The first-order valence-electron chi connectivity index (χ1n) is 10.6. The number of likely N-dealkylation sites (tertiary alicyclic amines) is 1. The van der Waals surface area contributed by atoms with E-state index in [4.69, 9.17) is 9.47 Å². The Morgan fingerprint density at radius 2 is 2.04 bits per heavy atom. The number of hydrogen-bond acceptors (Lipinski definition) is 6. The number of rotatable bonds is 5. The number of anilines is 1. The summed E-state index contributed by atoms with van der Waals surface area (Å²) in [4.78, 5) is 15.8. The molecule has 0 aromatic heterocycles. The summed E-state index contributed by atoms with van der Waals surface area (Å²) in [7, 11) is 0. The monoisotopic (exact) mass is 387 g/mol. The number of carbonyl (C=O) groups is 1. The average Bonchev–Trinajstić information content (AvgIpc) is 3.03. The summed E-state index contributed by atoms with van der Waals surface area (Å²) in [5, 5.41) is 3.52. The minimum absolute atomic E-state index is 0.393. The molecule has 1 aromatic carbocycles. The molecular formula is C22H33N3O3. The number of hydrogen-bond donors (Lipinski definition) is 1. The van der Waals surface area contributed by atoms with Gasteiger partial charge in [0.25, 0.3) is 6.47 Å². The number of benzene rings is 1. The van der Waals surface area contributed by atoms with Crippen molar-refractivity contribution < 1.29 is 14.3 Å². The van der Waals surface area contributed by atoms with Crippen molar-refractivity contribution in [1.82, 2.24) is 10.2 Å². The molecule has 1 N–H and O–H groups in total. The third-order valence-corrected chi connectivity index (χ3v) is 6.68. The molecule has 0 bridgehead atoms. The van der Waals surface area contributed by atoms with Crippen molar-refractivity contribution in [2.45, 2.75) is 57.4 Å². The van der Waals surface area contributed by atoms with E-state index in [2.05, 4.69) is 40.2 Å². The molecule has 1 aromatic rings. The third-order valence-electron chi connectivity index (χ3n) is 6.68. The standard InChI is InChI=1S/C22H33N3O3/c1-18-12-19(15-25-9-3-4-22(25)5-7-23-8-6-22)14-20(13-18)24-10-11-27-21(2,16-24)28-17-26/h12-14,17,23H,3-11,15-16H2,1-2H3. The van der Waals surface area contributed by atoms with Crippen molar-refractivity contribution in [3.05, 3.63) is 29.3 Å². The summed E-state index contributed by atoms with van der Waals surface area (Å²) in [5.74, 6) is -0.877. The van der Waals surface area contributed by atoms with Crippen LogP contribution in [0.25, 0.3) is 0 Å². The van der Waals surface area contributed by atoms with Crippen LogP contribution in [0.1, 0.15) is 43.7 Å². The maximum absolute atomic E-state index is 10.8. The fourth-order valence-electron chi connectivity index (χ4n) is 5.27. The Bertz CT molecular complexity index is 704. The van der Waals surface area contributed by atoms with Gasteiger partial charge in [0.1, 0.15) is 0 Å². The van der Waals surface area contributed by atoms with Gasteiger partial charge in [-0.2, -0.15) is 0 Å². The Morgan fingerprint density at radius 1 is 1.21 bits per heavy atom. The summed E-state index contributed by atoms with van der Waals surface area (Å²) in [6.07, 6.45) is 5.16. The molecule has 3 fully saturated rings. The summed E-state index contributed by atoms with van der Waals surface area (Å²) in [6.45, 7) is 10.9. The summed E-state index contributed by atoms with van der Waals surface area (Å²) in [6, 6.07) is 6.85. The lowest BCUT2D eigenvalue weighted by Gasteiger charge is -2.42. The van der Waals surface area contributed by atoms with Gasteiger partial charge in [-0.15, -0.1) is 0 Å². The lowest BCUT2D eigenvalue weighted by Crippen LogP contribution is -2.51. The minimum Gasteiger partial charge on any atom is -0.434 e. The molecule has 0 amide bonds. The lowest BCUT2D eigenvalue weighted by atomic mass is 9.85. The predicted octanol–water partition coefficient (Wildman–Crippen LogP) is 2.44. The van der Waals surface area contributed by atoms with Gasteiger partial charge in [0.2, 0.25) is 5.79 Å². The molecule has 0 radical (unpaired) electrons. The molecule has 28 heavy (non-hydrogen) atoms. The normalized spacial score (nSPS) is 27.9. The van der Waals surface area contributed by atoms with Gasteiger partial charge < -0.3 is 19.7 Å². The quantitative estimate of drug-likeness (QED) is 0.784. The van der Waals surface area contributed by atoms with Gasteiger partial charge in [-0.1, -0.05) is 6.07 Å². The van der Waals surface area contributed by atoms with E-state index in [1.165, 1.54) is 49.0 Å². The van der Waals surface area contributed by atoms with Gasteiger partial charge in [-0.05, 0) is 75.5 Å². The van der Waals surface area contributed by atoms with Crippen molar-refractivity contribution in [1.29, 1.82) is 0 Å². The second kappa shape index (κ2) is 8.01. The second-order valence-electron chi connectivity index (χ2n) is 8.79. The highest BCUT2D eigenvalue weighted by Gasteiger charge is 2.41. The minimum atomic E-state index is -0.877. The van der Waals surface area contributed by atoms with Gasteiger partial charge in [-0.3, -0.25) is 9.69 Å². The molecular weight excluding hydrogens is 354 g/mol. The van der Waals surface area contributed by atoms with E-state index in [9.17, 15) is 4.79 Å². The summed E-state index contributed by atoms with van der Waals surface area (Å²) in [5.41, 5.74) is 4.23. The highest BCUT2D eigenvalue weighted by Crippen LogP contribution is 2.38. The van der Waals surface area contributed by atoms with E-state index in [-0.39, 0.29) is 0 Å². The fourth-order valence-corrected chi connectivity index (χ4v) is 5.27. The van der Waals surface area contributed by atoms with E-state index < -0.39 is 5.79 Å².